The Hall–Kier alpha value is -3.77. The van der Waals surface area contributed by atoms with Crippen molar-refractivity contribution in [2.75, 3.05) is 23.3 Å². The highest BCUT2D eigenvalue weighted by atomic mass is 79.9. The van der Waals surface area contributed by atoms with Crippen LogP contribution >= 0.6 is 15.9 Å². The van der Waals surface area contributed by atoms with Crippen molar-refractivity contribution in [2.45, 2.75) is 20.3 Å². The van der Waals surface area contributed by atoms with Gasteiger partial charge in [0.2, 0.25) is 11.9 Å². The van der Waals surface area contributed by atoms with Crippen molar-refractivity contribution in [2.24, 2.45) is 11.8 Å². The summed E-state index contributed by atoms with van der Waals surface area (Å²) in [4.78, 5) is 20.6. The highest BCUT2D eigenvalue weighted by molar-refractivity contribution is 9.10. The number of anilines is 3. The smallest absolute Gasteiger partial charge is 0.328 e. The van der Waals surface area contributed by atoms with E-state index in [1.807, 2.05) is 30.3 Å². The molecule has 3 heterocycles. The van der Waals surface area contributed by atoms with E-state index >= 15 is 0 Å². The molecule has 5 rings (SSSR count). The number of benzene rings is 2. The van der Waals surface area contributed by atoms with E-state index in [0.717, 1.165) is 34.2 Å². The minimum atomic E-state index is 0.199. The van der Waals surface area contributed by atoms with Gasteiger partial charge in [-0.15, -0.1) is 0 Å². The molecule has 0 bridgehead atoms. The molecule has 8 nitrogen and oxygen atoms in total. The van der Waals surface area contributed by atoms with Gasteiger partial charge in [-0.2, -0.15) is 20.2 Å². The van der Waals surface area contributed by atoms with Gasteiger partial charge in [-0.25, -0.2) is 0 Å². The maximum Gasteiger partial charge on any atom is 0.328 e. The SMILES string of the molecule is C[C@@H]1C[C@@H](C)CN(c2nc(Nc3ccc(C#N)cc3)nc(Oc3ccnc4ccc(Br)cc34)n2)C1. The molecule has 0 aliphatic carbocycles. The number of hydrogen-bond donors (Lipinski definition) is 1. The van der Waals surface area contributed by atoms with E-state index in [4.69, 9.17) is 15.0 Å². The second-order valence-electron chi connectivity index (χ2n) is 8.98. The molecule has 1 aliphatic heterocycles. The van der Waals surface area contributed by atoms with Crippen LogP contribution in [0.5, 0.6) is 11.8 Å². The van der Waals surface area contributed by atoms with Gasteiger partial charge in [0.15, 0.2) is 0 Å². The Morgan fingerprint density at radius 2 is 1.80 bits per heavy atom. The zero-order valence-corrected chi connectivity index (χ0v) is 21.0. The molecule has 176 valence electrons. The lowest BCUT2D eigenvalue weighted by Crippen LogP contribution is -2.39. The number of nitrogens with one attached hydrogen (secondary N) is 1. The van der Waals surface area contributed by atoms with E-state index in [9.17, 15) is 0 Å². The molecule has 2 aromatic carbocycles. The minimum Gasteiger partial charge on any atom is -0.423 e. The van der Waals surface area contributed by atoms with Crippen molar-refractivity contribution in [3.8, 4) is 17.8 Å². The quantitative estimate of drug-likeness (QED) is 0.332. The molecular formula is C26H24BrN7O. The molecule has 2 atom stereocenters. The Bertz CT molecular complexity index is 1390. The zero-order valence-electron chi connectivity index (χ0n) is 19.4. The average molecular weight is 530 g/mol. The van der Waals surface area contributed by atoms with Crippen LogP contribution in [0.25, 0.3) is 10.9 Å². The van der Waals surface area contributed by atoms with Gasteiger partial charge >= 0.3 is 6.01 Å². The molecule has 0 saturated carbocycles. The largest absolute Gasteiger partial charge is 0.423 e. The Kier molecular flexibility index (Phi) is 6.47. The number of nitrogens with zero attached hydrogens (tertiary/aromatic N) is 6. The maximum atomic E-state index is 9.08. The molecule has 1 fully saturated rings. The first kappa shape index (κ1) is 23.0. The van der Waals surface area contributed by atoms with E-state index in [1.165, 1.54) is 6.42 Å². The summed E-state index contributed by atoms with van der Waals surface area (Å²) in [5.41, 5.74) is 2.17. The minimum absolute atomic E-state index is 0.199. The fourth-order valence-electron chi connectivity index (χ4n) is 4.45. The van der Waals surface area contributed by atoms with Crippen molar-refractivity contribution in [1.29, 1.82) is 5.26 Å². The lowest BCUT2D eigenvalue weighted by atomic mass is 9.92. The monoisotopic (exact) mass is 529 g/mol. The predicted molar refractivity (Wildman–Crippen MR) is 139 cm³/mol. The molecule has 0 unspecified atom stereocenters. The van der Waals surface area contributed by atoms with Crippen LogP contribution in [0.4, 0.5) is 17.6 Å². The molecule has 0 radical (unpaired) electrons. The number of aromatic nitrogens is 4. The van der Waals surface area contributed by atoms with Crippen LogP contribution in [0.2, 0.25) is 0 Å². The van der Waals surface area contributed by atoms with Crippen LogP contribution in [-0.2, 0) is 0 Å². The van der Waals surface area contributed by atoms with E-state index in [-0.39, 0.29) is 6.01 Å². The van der Waals surface area contributed by atoms with E-state index < -0.39 is 0 Å². The lowest BCUT2D eigenvalue weighted by molar-refractivity contribution is 0.352. The average Bonchev–Trinajstić information content (AvgIpc) is 2.84. The number of pyridine rings is 1. The third kappa shape index (κ3) is 5.33. The Balaban J connectivity index is 1.52. The molecule has 0 spiro atoms. The molecule has 4 aromatic rings. The zero-order chi connectivity index (χ0) is 24.4. The lowest BCUT2D eigenvalue weighted by Gasteiger charge is -2.35. The number of nitriles is 1. The molecule has 1 aliphatic rings. The number of fused-ring (bicyclic) bond motifs is 1. The van der Waals surface area contributed by atoms with Crippen LogP contribution in [0.3, 0.4) is 0 Å². The van der Waals surface area contributed by atoms with Crippen LogP contribution in [0, 0.1) is 23.2 Å². The van der Waals surface area contributed by atoms with Gasteiger partial charge in [0.1, 0.15) is 5.75 Å². The summed E-state index contributed by atoms with van der Waals surface area (Å²) in [6, 6.07) is 17.1. The molecule has 1 N–H and O–H groups in total. The third-order valence-electron chi connectivity index (χ3n) is 5.89. The number of halogens is 1. The van der Waals surface area contributed by atoms with E-state index in [2.05, 4.69) is 61.0 Å². The fourth-order valence-corrected chi connectivity index (χ4v) is 4.81. The summed E-state index contributed by atoms with van der Waals surface area (Å²) in [5, 5.41) is 13.2. The third-order valence-corrected chi connectivity index (χ3v) is 6.38. The first-order valence-electron chi connectivity index (χ1n) is 11.5. The number of piperidine rings is 1. The molecule has 1 saturated heterocycles. The Labute approximate surface area is 212 Å². The van der Waals surface area contributed by atoms with Crippen LogP contribution in [0.1, 0.15) is 25.8 Å². The highest BCUT2D eigenvalue weighted by Crippen LogP contribution is 2.31. The van der Waals surface area contributed by atoms with Crippen LogP contribution < -0.4 is 15.0 Å². The molecule has 9 heteroatoms. The number of ether oxygens (including phenoxy) is 1. The van der Waals surface area contributed by atoms with E-state index in [0.29, 0.717) is 35.0 Å². The second kappa shape index (κ2) is 9.84. The molecule has 35 heavy (non-hydrogen) atoms. The normalized spacial score (nSPS) is 17.7. The van der Waals surface area contributed by atoms with Crippen molar-refractivity contribution < 1.29 is 4.74 Å². The first-order valence-corrected chi connectivity index (χ1v) is 12.3. The van der Waals surface area contributed by atoms with Gasteiger partial charge in [0.05, 0.1) is 17.1 Å². The summed E-state index contributed by atoms with van der Waals surface area (Å²) in [7, 11) is 0. The van der Waals surface area contributed by atoms with Gasteiger partial charge in [0, 0.05) is 34.8 Å². The Morgan fingerprint density at radius 1 is 1.03 bits per heavy atom. The van der Waals surface area contributed by atoms with Crippen LogP contribution in [0.15, 0.2) is 59.2 Å². The second-order valence-corrected chi connectivity index (χ2v) is 9.90. The number of rotatable bonds is 5. The fraction of sp³-hybridized carbons (Fsp3) is 0.269. The standard InChI is InChI=1S/C26H24BrN7O/c1-16-11-17(2)15-34(14-16)25-31-24(30-20-6-3-18(13-28)4-7-20)32-26(33-25)35-23-9-10-29-22-8-5-19(27)12-21(22)23/h3-10,12,16-17H,11,14-15H2,1-2H3,(H,30,31,32,33)/t16-,17-/m1/s1. The topological polar surface area (TPSA) is 99.9 Å². The number of hydrogen-bond acceptors (Lipinski definition) is 8. The summed E-state index contributed by atoms with van der Waals surface area (Å²) in [6.07, 6.45) is 2.89. The summed E-state index contributed by atoms with van der Waals surface area (Å²) in [5.74, 6) is 2.63. The summed E-state index contributed by atoms with van der Waals surface area (Å²) >= 11 is 3.52. The van der Waals surface area contributed by atoms with Gasteiger partial charge < -0.3 is 15.0 Å². The summed E-state index contributed by atoms with van der Waals surface area (Å²) < 4.78 is 7.14. The van der Waals surface area contributed by atoms with E-state index in [1.54, 1.807) is 24.4 Å². The maximum absolute atomic E-state index is 9.08. The first-order chi connectivity index (χ1) is 17.0. The van der Waals surface area contributed by atoms with Crippen molar-refractivity contribution >= 4 is 44.4 Å². The van der Waals surface area contributed by atoms with Gasteiger partial charge in [-0.1, -0.05) is 29.8 Å². The van der Waals surface area contributed by atoms with Crippen molar-refractivity contribution in [3.63, 3.8) is 0 Å². The predicted octanol–water partition coefficient (Wildman–Crippen LogP) is 6.07. The highest BCUT2D eigenvalue weighted by Gasteiger charge is 2.25. The summed E-state index contributed by atoms with van der Waals surface area (Å²) in [6.45, 7) is 6.24. The van der Waals surface area contributed by atoms with Crippen LogP contribution in [-0.4, -0.2) is 33.0 Å². The van der Waals surface area contributed by atoms with Gasteiger partial charge in [0.25, 0.3) is 0 Å². The van der Waals surface area contributed by atoms with Crippen molar-refractivity contribution in [1.82, 2.24) is 19.9 Å². The molecule has 2 aromatic heterocycles. The molecular weight excluding hydrogens is 506 g/mol. The Morgan fingerprint density at radius 3 is 2.54 bits per heavy atom. The van der Waals surface area contributed by atoms with Gasteiger partial charge in [-0.3, -0.25) is 4.98 Å². The molecule has 0 amide bonds. The van der Waals surface area contributed by atoms with Crippen molar-refractivity contribution in [3.05, 3.63) is 64.8 Å². The van der Waals surface area contributed by atoms with Gasteiger partial charge in [-0.05, 0) is 66.8 Å².